The van der Waals surface area contributed by atoms with Crippen molar-refractivity contribution in [3.8, 4) is 0 Å². The summed E-state index contributed by atoms with van der Waals surface area (Å²) < 4.78 is 28.3. The van der Waals surface area contributed by atoms with Gasteiger partial charge in [-0.2, -0.15) is 4.76 Å². The molecule has 0 spiro atoms. The largest absolute Gasteiger partial charge is 0.454 e. The Morgan fingerprint density at radius 2 is 1.33 bits per heavy atom. The van der Waals surface area contributed by atoms with Gasteiger partial charge in [-0.3, -0.25) is 9.05 Å². The predicted octanol–water partition coefficient (Wildman–Crippen LogP) is 4.74. The van der Waals surface area contributed by atoms with Gasteiger partial charge in [0.15, 0.2) is 0 Å². The van der Waals surface area contributed by atoms with Crippen LogP contribution in [0.3, 0.4) is 0 Å². The zero-order valence-corrected chi connectivity index (χ0v) is 13.3. The normalized spacial score (nSPS) is 18.2. The van der Waals surface area contributed by atoms with Gasteiger partial charge in [-0.1, -0.05) is 0 Å². The monoisotopic (exact) mass is 275 g/mol. The van der Waals surface area contributed by atoms with Gasteiger partial charge in [0.25, 0.3) is 0 Å². The van der Waals surface area contributed by atoms with Crippen LogP contribution in [0.15, 0.2) is 4.76 Å². The van der Waals surface area contributed by atoms with E-state index in [4.69, 9.17) is 9.05 Å². The Morgan fingerprint density at radius 1 is 0.944 bits per heavy atom. The van der Waals surface area contributed by atoms with Crippen molar-refractivity contribution in [2.45, 2.75) is 78.4 Å². The third-order valence-electron chi connectivity index (χ3n) is 2.22. The summed E-state index contributed by atoms with van der Waals surface area (Å²) in [6, 6.07) is 0. The number of rotatable bonds is 3. The van der Waals surface area contributed by atoms with E-state index in [1.54, 1.807) is 0 Å². The highest BCUT2D eigenvalue weighted by atomic mass is 31.2. The summed E-state index contributed by atoms with van der Waals surface area (Å²) in [6.45, 7) is 11.2. The lowest BCUT2D eigenvalue weighted by atomic mass is 10.2. The number of hydrogen-bond acceptors (Lipinski definition) is 3. The van der Waals surface area contributed by atoms with Crippen molar-refractivity contribution >= 4 is 13.5 Å². The molecule has 0 radical (unpaired) electrons. The molecule has 0 amide bonds. The minimum Gasteiger partial charge on any atom is -0.285 e. The zero-order chi connectivity index (χ0) is 14.0. The molecule has 4 nitrogen and oxygen atoms in total. The standard InChI is InChI=1S/C13H26NO3P/c1-12(2,3)16-18(15,17-13(4,5)6)14-11-9-7-8-10-11/h7-10H2,1-6H3. The summed E-state index contributed by atoms with van der Waals surface area (Å²) in [5, 5.41) is 0. The molecule has 0 aromatic rings. The molecule has 1 fully saturated rings. The van der Waals surface area contributed by atoms with Crippen LogP contribution in [0.1, 0.15) is 67.2 Å². The molecule has 1 aliphatic rings. The van der Waals surface area contributed by atoms with Gasteiger partial charge in [0, 0.05) is 5.71 Å². The van der Waals surface area contributed by atoms with Crippen LogP contribution in [-0.2, 0) is 13.6 Å². The molecule has 1 rings (SSSR count). The average Bonchev–Trinajstić information content (AvgIpc) is 2.46. The van der Waals surface area contributed by atoms with Gasteiger partial charge in [0.1, 0.15) is 0 Å². The molecule has 0 aromatic carbocycles. The van der Waals surface area contributed by atoms with E-state index in [2.05, 4.69) is 4.76 Å². The van der Waals surface area contributed by atoms with E-state index < -0.39 is 18.9 Å². The Bertz CT molecular complexity index is 335. The van der Waals surface area contributed by atoms with Gasteiger partial charge >= 0.3 is 7.75 Å². The van der Waals surface area contributed by atoms with Crippen LogP contribution in [0.4, 0.5) is 0 Å². The lowest BCUT2D eigenvalue weighted by Crippen LogP contribution is -2.23. The summed E-state index contributed by atoms with van der Waals surface area (Å²) in [5.74, 6) is 0. The van der Waals surface area contributed by atoms with Crippen molar-refractivity contribution in [2.24, 2.45) is 4.76 Å². The molecule has 106 valence electrons. The summed E-state index contributed by atoms with van der Waals surface area (Å²) in [7, 11) is -3.42. The van der Waals surface area contributed by atoms with E-state index >= 15 is 0 Å². The first-order valence-corrected chi connectivity index (χ1v) is 8.08. The van der Waals surface area contributed by atoms with Crippen LogP contribution < -0.4 is 0 Å². The molecule has 1 aliphatic carbocycles. The van der Waals surface area contributed by atoms with Crippen LogP contribution in [0, 0.1) is 0 Å². The van der Waals surface area contributed by atoms with Gasteiger partial charge < -0.3 is 0 Å². The first kappa shape index (κ1) is 15.9. The number of hydrogen-bond donors (Lipinski definition) is 0. The van der Waals surface area contributed by atoms with Crippen molar-refractivity contribution in [2.75, 3.05) is 0 Å². The first-order chi connectivity index (χ1) is 7.99. The Morgan fingerprint density at radius 3 is 1.67 bits per heavy atom. The highest BCUT2D eigenvalue weighted by Crippen LogP contribution is 2.56. The van der Waals surface area contributed by atoms with Crippen molar-refractivity contribution in [3.05, 3.63) is 0 Å². The summed E-state index contributed by atoms with van der Waals surface area (Å²) in [4.78, 5) is 0. The van der Waals surface area contributed by atoms with Gasteiger partial charge in [0.05, 0.1) is 11.2 Å². The minimum atomic E-state index is -3.42. The second kappa shape index (κ2) is 5.44. The van der Waals surface area contributed by atoms with Crippen molar-refractivity contribution in [1.29, 1.82) is 0 Å². The summed E-state index contributed by atoms with van der Waals surface area (Å²) in [5.41, 5.74) is -0.112. The van der Waals surface area contributed by atoms with E-state index in [-0.39, 0.29) is 0 Å². The fraction of sp³-hybridized carbons (Fsp3) is 0.923. The fourth-order valence-corrected chi connectivity index (χ4v) is 3.86. The highest BCUT2D eigenvalue weighted by Gasteiger charge is 2.36. The zero-order valence-electron chi connectivity index (χ0n) is 12.4. The van der Waals surface area contributed by atoms with E-state index in [9.17, 15) is 4.57 Å². The molecule has 18 heavy (non-hydrogen) atoms. The maximum absolute atomic E-state index is 12.8. The SMILES string of the molecule is CC(C)(C)OP(=O)(N=C1CCCC1)OC(C)(C)C. The average molecular weight is 275 g/mol. The first-order valence-electron chi connectivity index (χ1n) is 6.59. The molecule has 0 atom stereocenters. The Kier molecular flexibility index (Phi) is 4.80. The van der Waals surface area contributed by atoms with E-state index in [1.165, 1.54) is 0 Å². The molecule has 0 bridgehead atoms. The third-order valence-corrected chi connectivity index (χ3v) is 4.31. The molecule has 0 saturated heterocycles. The van der Waals surface area contributed by atoms with Crippen LogP contribution in [0.25, 0.3) is 0 Å². The minimum absolute atomic E-state index is 0.538. The smallest absolute Gasteiger partial charge is 0.285 e. The Labute approximate surface area is 111 Å². The van der Waals surface area contributed by atoms with Crippen LogP contribution in [-0.4, -0.2) is 16.9 Å². The quantitative estimate of drug-likeness (QED) is 0.699. The topological polar surface area (TPSA) is 47.9 Å². The molecule has 0 heterocycles. The predicted molar refractivity (Wildman–Crippen MR) is 75.2 cm³/mol. The van der Waals surface area contributed by atoms with Crippen molar-refractivity contribution in [3.63, 3.8) is 0 Å². The van der Waals surface area contributed by atoms with Gasteiger partial charge in [0.2, 0.25) is 0 Å². The lowest BCUT2D eigenvalue weighted by Gasteiger charge is -2.29. The van der Waals surface area contributed by atoms with Gasteiger partial charge in [-0.05, 0) is 67.2 Å². The molecule has 0 aromatic heterocycles. The van der Waals surface area contributed by atoms with Crippen LogP contribution in [0.5, 0.6) is 0 Å². The molecule has 5 heteroatoms. The Hall–Kier alpha value is -0.180. The van der Waals surface area contributed by atoms with Gasteiger partial charge in [-0.25, -0.2) is 4.57 Å². The van der Waals surface area contributed by atoms with E-state index in [1.807, 2.05) is 41.5 Å². The molecule has 1 saturated carbocycles. The van der Waals surface area contributed by atoms with E-state index in [0.29, 0.717) is 0 Å². The second-order valence-electron chi connectivity index (χ2n) is 6.75. The summed E-state index contributed by atoms with van der Waals surface area (Å²) >= 11 is 0. The fourth-order valence-electron chi connectivity index (χ4n) is 1.81. The molecule has 0 N–H and O–H groups in total. The number of nitrogens with zero attached hydrogens (tertiary/aromatic N) is 1. The van der Waals surface area contributed by atoms with Gasteiger partial charge in [-0.15, -0.1) is 0 Å². The maximum Gasteiger partial charge on any atom is 0.454 e. The highest BCUT2D eigenvalue weighted by molar-refractivity contribution is 7.52. The van der Waals surface area contributed by atoms with Crippen molar-refractivity contribution < 1.29 is 13.6 Å². The van der Waals surface area contributed by atoms with Crippen molar-refractivity contribution in [1.82, 2.24) is 0 Å². The maximum atomic E-state index is 12.8. The summed E-state index contributed by atoms with van der Waals surface area (Å²) in [6.07, 6.45) is 4.05. The van der Waals surface area contributed by atoms with Crippen LogP contribution in [0.2, 0.25) is 0 Å². The van der Waals surface area contributed by atoms with E-state index in [0.717, 1.165) is 31.4 Å². The second-order valence-corrected chi connectivity index (χ2v) is 8.25. The Balaban J connectivity index is 2.93. The van der Waals surface area contributed by atoms with Crippen LogP contribution >= 0.6 is 7.75 Å². The molecule has 0 aliphatic heterocycles. The third kappa shape index (κ3) is 6.12. The molecular formula is C13H26NO3P. The lowest BCUT2D eigenvalue weighted by molar-refractivity contribution is 0.0496. The molecular weight excluding hydrogens is 249 g/mol. The molecule has 0 unspecified atom stereocenters.